The van der Waals surface area contributed by atoms with Crippen LogP contribution < -0.4 is 0 Å². The summed E-state index contributed by atoms with van der Waals surface area (Å²) in [6.45, 7) is 1.68. The Labute approximate surface area is 61.2 Å². The van der Waals surface area contributed by atoms with Crippen LogP contribution in [0.4, 0.5) is 0 Å². The van der Waals surface area contributed by atoms with Crippen LogP contribution in [0.2, 0.25) is 0 Å². The Hall–Kier alpha value is 0.0200. The summed E-state index contributed by atoms with van der Waals surface area (Å²) < 4.78 is 0. The summed E-state index contributed by atoms with van der Waals surface area (Å²) in [7, 11) is 0. The van der Waals surface area contributed by atoms with E-state index in [-0.39, 0.29) is 0 Å². The quantitative estimate of drug-likeness (QED) is 0.554. The van der Waals surface area contributed by atoms with Crippen LogP contribution in [0.25, 0.3) is 0 Å². The van der Waals surface area contributed by atoms with E-state index in [1.165, 1.54) is 0 Å². The average Bonchev–Trinajstić information content (AvgIpc) is 2.14. The van der Waals surface area contributed by atoms with Crippen molar-refractivity contribution in [2.24, 2.45) is 5.92 Å². The van der Waals surface area contributed by atoms with Gasteiger partial charge in [0.15, 0.2) is 0 Å². The molecular formula is C7H12OS. The van der Waals surface area contributed by atoms with Crippen LogP contribution in [0, 0.1) is 5.92 Å². The van der Waals surface area contributed by atoms with Crippen LogP contribution in [0.15, 0.2) is 0 Å². The Balaban J connectivity index is 2.39. The molecule has 1 nitrogen and oxygen atoms in total. The molecule has 0 radical (unpaired) electrons. The smallest absolute Gasteiger partial charge is 0.132 e. The van der Waals surface area contributed by atoms with Gasteiger partial charge < -0.3 is 0 Å². The molecule has 2 atom stereocenters. The average molecular weight is 144 g/mol. The lowest BCUT2D eigenvalue weighted by atomic mass is 10.0. The minimum Gasteiger partial charge on any atom is -0.300 e. The van der Waals surface area contributed by atoms with E-state index in [1.807, 2.05) is 0 Å². The Bertz CT molecular complexity index is 122. The molecule has 0 saturated heterocycles. The second kappa shape index (κ2) is 2.74. The molecule has 0 aliphatic heterocycles. The molecule has 1 aliphatic rings. The van der Waals surface area contributed by atoms with Gasteiger partial charge in [-0.25, -0.2) is 0 Å². The first-order valence-electron chi connectivity index (χ1n) is 3.38. The van der Waals surface area contributed by atoms with Crippen LogP contribution in [-0.4, -0.2) is 11.0 Å². The molecule has 0 heterocycles. The van der Waals surface area contributed by atoms with Crippen molar-refractivity contribution in [3.05, 3.63) is 0 Å². The first-order chi connectivity index (χ1) is 4.20. The number of carbonyl (C=O) groups excluding carboxylic acids is 1. The lowest BCUT2D eigenvalue weighted by molar-refractivity contribution is -0.120. The molecule has 0 N–H and O–H groups in total. The Kier molecular flexibility index (Phi) is 2.17. The molecule has 0 aromatic rings. The van der Waals surface area contributed by atoms with Gasteiger partial charge in [0.2, 0.25) is 0 Å². The fourth-order valence-electron chi connectivity index (χ4n) is 1.33. The van der Waals surface area contributed by atoms with Gasteiger partial charge in [0.25, 0.3) is 0 Å². The van der Waals surface area contributed by atoms with Gasteiger partial charge in [-0.2, -0.15) is 12.6 Å². The van der Waals surface area contributed by atoms with Crippen molar-refractivity contribution >= 4 is 18.4 Å². The van der Waals surface area contributed by atoms with E-state index in [2.05, 4.69) is 12.6 Å². The molecular weight excluding hydrogens is 132 g/mol. The highest BCUT2D eigenvalue weighted by molar-refractivity contribution is 7.80. The van der Waals surface area contributed by atoms with Gasteiger partial charge >= 0.3 is 0 Å². The number of Topliss-reactive ketones (excluding diaryl/α,β-unsaturated/α-hetero) is 1. The zero-order valence-electron chi connectivity index (χ0n) is 5.63. The van der Waals surface area contributed by atoms with Crippen LogP contribution in [0.5, 0.6) is 0 Å². The molecule has 1 fully saturated rings. The lowest BCUT2D eigenvalue weighted by Crippen LogP contribution is -2.05. The number of carbonyl (C=O) groups is 1. The molecule has 0 bridgehead atoms. The predicted octanol–water partition coefficient (Wildman–Crippen LogP) is 1.67. The summed E-state index contributed by atoms with van der Waals surface area (Å²) in [6.07, 6.45) is 3.18. The van der Waals surface area contributed by atoms with Crippen LogP contribution in [0.3, 0.4) is 0 Å². The van der Waals surface area contributed by atoms with Gasteiger partial charge in [0.05, 0.1) is 0 Å². The van der Waals surface area contributed by atoms with E-state index < -0.39 is 0 Å². The van der Waals surface area contributed by atoms with Crippen molar-refractivity contribution < 1.29 is 4.79 Å². The minimum atomic E-state index is 0.326. The van der Waals surface area contributed by atoms with Gasteiger partial charge in [-0.1, -0.05) is 0 Å². The minimum absolute atomic E-state index is 0.326. The van der Waals surface area contributed by atoms with Crippen molar-refractivity contribution in [1.29, 1.82) is 0 Å². The third-order valence-electron chi connectivity index (χ3n) is 1.98. The SMILES string of the molecule is CC(=O)C1CCC(S)C1. The highest BCUT2D eigenvalue weighted by atomic mass is 32.1. The highest BCUT2D eigenvalue weighted by Gasteiger charge is 2.24. The van der Waals surface area contributed by atoms with Crippen molar-refractivity contribution in [3.8, 4) is 0 Å². The van der Waals surface area contributed by atoms with Gasteiger partial charge in [-0.15, -0.1) is 0 Å². The number of rotatable bonds is 1. The van der Waals surface area contributed by atoms with Crippen LogP contribution in [0.1, 0.15) is 26.2 Å². The summed E-state index contributed by atoms with van der Waals surface area (Å²) in [4.78, 5) is 10.8. The van der Waals surface area contributed by atoms with E-state index in [4.69, 9.17) is 0 Å². The fourth-order valence-corrected chi connectivity index (χ4v) is 1.73. The van der Waals surface area contributed by atoms with Crippen molar-refractivity contribution in [2.45, 2.75) is 31.4 Å². The molecule has 52 valence electrons. The van der Waals surface area contributed by atoms with E-state index in [9.17, 15) is 4.79 Å². The molecule has 0 aromatic carbocycles. The third-order valence-corrected chi connectivity index (χ3v) is 2.45. The number of ketones is 1. The fraction of sp³-hybridized carbons (Fsp3) is 0.857. The van der Waals surface area contributed by atoms with E-state index >= 15 is 0 Å². The topological polar surface area (TPSA) is 17.1 Å². The third kappa shape index (κ3) is 1.71. The summed E-state index contributed by atoms with van der Waals surface area (Å²) >= 11 is 4.29. The molecule has 1 saturated carbocycles. The van der Waals surface area contributed by atoms with Crippen molar-refractivity contribution in [3.63, 3.8) is 0 Å². The Morgan fingerprint density at radius 1 is 1.56 bits per heavy atom. The van der Waals surface area contributed by atoms with Gasteiger partial charge in [0, 0.05) is 11.2 Å². The van der Waals surface area contributed by atoms with Crippen molar-refractivity contribution in [2.75, 3.05) is 0 Å². The molecule has 2 heteroatoms. The highest BCUT2D eigenvalue weighted by Crippen LogP contribution is 2.29. The first kappa shape index (κ1) is 7.13. The van der Waals surface area contributed by atoms with Crippen LogP contribution >= 0.6 is 12.6 Å². The number of hydrogen-bond donors (Lipinski definition) is 1. The maximum absolute atomic E-state index is 10.8. The van der Waals surface area contributed by atoms with Gasteiger partial charge in [0.1, 0.15) is 5.78 Å². The molecule has 2 unspecified atom stereocenters. The summed E-state index contributed by atoms with van der Waals surface area (Å²) in [5, 5.41) is 0.485. The number of hydrogen-bond acceptors (Lipinski definition) is 2. The van der Waals surface area contributed by atoms with Gasteiger partial charge in [-0.3, -0.25) is 4.79 Å². The first-order valence-corrected chi connectivity index (χ1v) is 3.90. The monoisotopic (exact) mass is 144 g/mol. The normalized spacial score (nSPS) is 34.9. The Morgan fingerprint density at radius 3 is 2.44 bits per heavy atom. The molecule has 1 aliphatic carbocycles. The lowest BCUT2D eigenvalue weighted by Gasteiger charge is -2.01. The van der Waals surface area contributed by atoms with E-state index in [1.54, 1.807) is 6.92 Å². The zero-order valence-corrected chi connectivity index (χ0v) is 6.53. The van der Waals surface area contributed by atoms with Crippen molar-refractivity contribution in [1.82, 2.24) is 0 Å². The predicted molar refractivity (Wildman–Crippen MR) is 40.8 cm³/mol. The largest absolute Gasteiger partial charge is 0.300 e. The van der Waals surface area contributed by atoms with E-state index in [0.717, 1.165) is 19.3 Å². The second-order valence-electron chi connectivity index (χ2n) is 2.77. The Morgan fingerprint density at radius 2 is 2.22 bits per heavy atom. The summed E-state index contributed by atoms with van der Waals surface area (Å²) in [6, 6.07) is 0. The maximum Gasteiger partial charge on any atom is 0.132 e. The second-order valence-corrected chi connectivity index (χ2v) is 3.50. The van der Waals surface area contributed by atoms with E-state index in [0.29, 0.717) is 17.0 Å². The molecule has 0 amide bonds. The standard InChI is InChI=1S/C7H12OS/c1-5(8)6-2-3-7(9)4-6/h6-7,9H,2-4H2,1H3. The molecule has 9 heavy (non-hydrogen) atoms. The van der Waals surface area contributed by atoms with Gasteiger partial charge in [-0.05, 0) is 26.2 Å². The molecule has 1 rings (SSSR count). The molecule has 0 spiro atoms. The summed E-state index contributed by atoms with van der Waals surface area (Å²) in [5.41, 5.74) is 0. The zero-order chi connectivity index (χ0) is 6.85. The molecule has 0 aromatic heterocycles. The summed E-state index contributed by atoms with van der Waals surface area (Å²) in [5.74, 6) is 0.666. The number of thiol groups is 1. The maximum atomic E-state index is 10.8. The van der Waals surface area contributed by atoms with Crippen LogP contribution in [-0.2, 0) is 4.79 Å².